The molecule has 1 aromatic carbocycles. The number of nitrogens with zero attached hydrogens (tertiary/aromatic N) is 2. The molecule has 88 valence electrons. The van der Waals surface area contributed by atoms with Crippen LogP contribution in [0.2, 0.25) is 5.02 Å². The highest BCUT2D eigenvalue weighted by Gasteiger charge is 2.10. The van der Waals surface area contributed by atoms with Gasteiger partial charge in [0.1, 0.15) is 12.1 Å². The summed E-state index contributed by atoms with van der Waals surface area (Å²) < 4.78 is 0. The van der Waals surface area contributed by atoms with Gasteiger partial charge in [-0.1, -0.05) is 30.7 Å². The Balaban J connectivity index is 2.54. The number of nitrogens with one attached hydrogen (secondary N) is 1. The Morgan fingerprint density at radius 2 is 1.88 bits per heavy atom. The second kappa shape index (κ2) is 5.15. The zero-order chi connectivity index (χ0) is 12.3. The Labute approximate surface area is 106 Å². The Morgan fingerprint density at radius 1 is 1.18 bits per heavy atom. The Bertz CT molecular complexity index is 509. The molecule has 1 N–H and O–H groups in total. The molecule has 17 heavy (non-hydrogen) atoms. The van der Waals surface area contributed by atoms with Crippen molar-refractivity contribution < 1.29 is 0 Å². The molecule has 0 saturated heterocycles. The number of hydrogen-bond acceptors (Lipinski definition) is 3. The predicted molar refractivity (Wildman–Crippen MR) is 71.4 cm³/mol. The highest BCUT2D eigenvalue weighted by molar-refractivity contribution is 6.30. The molecule has 0 unspecified atom stereocenters. The van der Waals surface area contributed by atoms with Crippen molar-refractivity contribution in [2.24, 2.45) is 0 Å². The average Bonchev–Trinajstić information content (AvgIpc) is 2.38. The van der Waals surface area contributed by atoms with E-state index in [-0.39, 0.29) is 0 Å². The van der Waals surface area contributed by atoms with Gasteiger partial charge in [-0.05, 0) is 18.6 Å². The zero-order valence-corrected chi connectivity index (χ0v) is 10.6. The van der Waals surface area contributed by atoms with Crippen LogP contribution in [0, 0.1) is 0 Å². The lowest BCUT2D eigenvalue weighted by Gasteiger charge is -2.11. The molecule has 1 heterocycles. The van der Waals surface area contributed by atoms with Crippen LogP contribution in [0.25, 0.3) is 11.3 Å². The van der Waals surface area contributed by atoms with E-state index in [1.165, 1.54) is 0 Å². The van der Waals surface area contributed by atoms with Gasteiger partial charge >= 0.3 is 0 Å². The number of rotatable bonds is 3. The molecule has 0 aliphatic heterocycles. The van der Waals surface area contributed by atoms with E-state index in [4.69, 9.17) is 11.6 Å². The van der Waals surface area contributed by atoms with E-state index in [1.807, 2.05) is 31.3 Å². The molecule has 0 atom stereocenters. The third-order valence-electron chi connectivity index (χ3n) is 2.65. The number of anilines is 1. The lowest BCUT2D eigenvalue weighted by atomic mass is 10.0. The Kier molecular flexibility index (Phi) is 3.59. The fourth-order valence-corrected chi connectivity index (χ4v) is 1.95. The summed E-state index contributed by atoms with van der Waals surface area (Å²) in [5.74, 6) is 0.882. The van der Waals surface area contributed by atoms with E-state index in [0.29, 0.717) is 0 Å². The topological polar surface area (TPSA) is 37.8 Å². The summed E-state index contributed by atoms with van der Waals surface area (Å²) in [7, 11) is 1.87. The predicted octanol–water partition coefficient (Wildman–Crippen LogP) is 3.40. The van der Waals surface area contributed by atoms with Crippen LogP contribution in [0.15, 0.2) is 30.6 Å². The minimum absolute atomic E-state index is 0.731. The number of benzene rings is 1. The van der Waals surface area contributed by atoms with Gasteiger partial charge < -0.3 is 5.32 Å². The molecule has 3 nitrogen and oxygen atoms in total. The van der Waals surface area contributed by atoms with Gasteiger partial charge in [-0.15, -0.1) is 0 Å². The first-order chi connectivity index (χ1) is 8.26. The molecule has 0 fully saturated rings. The highest BCUT2D eigenvalue weighted by Crippen LogP contribution is 2.26. The van der Waals surface area contributed by atoms with Crippen LogP contribution in [-0.4, -0.2) is 17.0 Å². The van der Waals surface area contributed by atoms with Crippen LogP contribution < -0.4 is 5.32 Å². The first-order valence-electron chi connectivity index (χ1n) is 5.53. The molecule has 0 amide bonds. The monoisotopic (exact) mass is 247 g/mol. The largest absolute Gasteiger partial charge is 0.373 e. The second-order valence-corrected chi connectivity index (χ2v) is 4.10. The summed E-state index contributed by atoms with van der Waals surface area (Å²) in [6, 6.07) is 7.70. The highest BCUT2D eigenvalue weighted by atomic mass is 35.5. The van der Waals surface area contributed by atoms with Crippen molar-refractivity contribution in [2.45, 2.75) is 13.3 Å². The number of aromatic nitrogens is 2. The molecule has 0 aliphatic rings. The minimum Gasteiger partial charge on any atom is -0.373 e. The Morgan fingerprint density at radius 3 is 2.47 bits per heavy atom. The molecule has 2 aromatic rings. The quantitative estimate of drug-likeness (QED) is 0.903. The summed E-state index contributed by atoms with van der Waals surface area (Å²) in [5, 5.41) is 3.82. The maximum absolute atomic E-state index is 5.89. The van der Waals surface area contributed by atoms with Gasteiger partial charge in [0.25, 0.3) is 0 Å². The van der Waals surface area contributed by atoms with Crippen molar-refractivity contribution in [3.05, 3.63) is 41.2 Å². The van der Waals surface area contributed by atoms with Gasteiger partial charge in [0, 0.05) is 23.2 Å². The smallest absolute Gasteiger partial charge is 0.132 e. The fourth-order valence-electron chi connectivity index (χ4n) is 1.82. The summed E-state index contributed by atoms with van der Waals surface area (Å²) >= 11 is 5.89. The number of hydrogen-bond donors (Lipinski definition) is 1. The normalized spacial score (nSPS) is 10.3. The molecule has 1 aromatic heterocycles. The van der Waals surface area contributed by atoms with E-state index in [9.17, 15) is 0 Å². The second-order valence-electron chi connectivity index (χ2n) is 3.66. The Hall–Kier alpha value is -1.61. The first-order valence-corrected chi connectivity index (χ1v) is 5.91. The van der Waals surface area contributed by atoms with Crippen LogP contribution in [0.1, 0.15) is 12.5 Å². The van der Waals surface area contributed by atoms with E-state index >= 15 is 0 Å². The van der Waals surface area contributed by atoms with E-state index < -0.39 is 0 Å². The van der Waals surface area contributed by atoms with Crippen molar-refractivity contribution >= 4 is 17.4 Å². The van der Waals surface area contributed by atoms with Crippen LogP contribution in [0.3, 0.4) is 0 Å². The van der Waals surface area contributed by atoms with Gasteiger partial charge in [-0.3, -0.25) is 0 Å². The number of halogens is 1. The third kappa shape index (κ3) is 2.39. The molecule has 0 spiro atoms. The molecule has 0 bridgehead atoms. The van der Waals surface area contributed by atoms with Gasteiger partial charge in [-0.25, -0.2) is 9.97 Å². The summed E-state index contributed by atoms with van der Waals surface area (Å²) in [4.78, 5) is 8.59. The lowest BCUT2D eigenvalue weighted by Crippen LogP contribution is -2.02. The minimum atomic E-state index is 0.731. The SMILES string of the molecule is CCc1c(NC)ncnc1-c1ccc(Cl)cc1. The molecule has 2 rings (SSSR count). The molecular formula is C13H14ClN3. The molecule has 4 heteroatoms. The fraction of sp³-hybridized carbons (Fsp3) is 0.231. The van der Waals surface area contributed by atoms with E-state index in [0.717, 1.165) is 34.1 Å². The standard InChI is InChI=1S/C13H14ClN3/c1-3-11-12(16-8-17-13(11)15-2)9-4-6-10(14)7-5-9/h4-8H,3H2,1-2H3,(H,15,16,17). The van der Waals surface area contributed by atoms with Gasteiger partial charge in [0.2, 0.25) is 0 Å². The zero-order valence-electron chi connectivity index (χ0n) is 9.87. The van der Waals surface area contributed by atoms with Gasteiger partial charge in [0.05, 0.1) is 5.69 Å². The summed E-state index contributed by atoms with van der Waals surface area (Å²) in [5.41, 5.74) is 3.14. The van der Waals surface area contributed by atoms with Crippen molar-refractivity contribution in [1.82, 2.24) is 9.97 Å². The molecule has 0 saturated carbocycles. The maximum Gasteiger partial charge on any atom is 0.132 e. The van der Waals surface area contributed by atoms with Crippen molar-refractivity contribution in [3.8, 4) is 11.3 Å². The van der Waals surface area contributed by atoms with Gasteiger partial charge in [0.15, 0.2) is 0 Å². The summed E-state index contributed by atoms with van der Waals surface area (Å²) in [6.07, 6.45) is 2.46. The maximum atomic E-state index is 5.89. The molecular weight excluding hydrogens is 234 g/mol. The third-order valence-corrected chi connectivity index (χ3v) is 2.91. The first kappa shape index (κ1) is 11.9. The van der Waals surface area contributed by atoms with E-state index in [2.05, 4.69) is 22.2 Å². The van der Waals surface area contributed by atoms with Crippen LogP contribution in [0.5, 0.6) is 0 Å². The average molecular weight is 248 g/mol. The lowest BCUT2D eigenvalue weighted by molar-refractivity contribution is 1.05. The van der Waals surface area contributed by atoms with Crippen LogP contribution in [-0.2, 0) is 6.42 Å². The van der Waals surface area contributed by atoms with Crippen molar-refractivity contribution in [1.29, 1.82) is 0 Å². The molecule has 0 aliphatic carbocycles. The van der Waals surface area contributed by atoms with E-state index in [1.54, 1.807) is 6.33 Å². The van der Waals surface area contributed by atoms with Crippen molar-refractivity contribution in [2.75, 3.05) is 12.4 Å². The van der Waals surface area contributed by atoms with Gasteiger partial charge in [-0.2, -0.15) is 0 Å². The van der Waals surface area contributed by atoms with Crippen molar-refractivity contribution in [3.63, 3.8) is 0 Å². The molecule has 0 radical (unpaired) electrons. The van der Waals surface area contributed by atoms with Crippen LogP contribution in [0.4, 0.5) is 5.82 Å². The summed E-state index contributed by atoms with van der Waals surface area (Å²) in [6.45, 7) is 2.10. The van der Waals surface area contributed by atoms with Crippen LogP contribution >= 0.6 is 11.6 Å².